The van der Waals surface area contributed by atoms with Crippen molar-refractivity contribution in [2.75, 3.05) is 23.4 Å². The summed E-state index contributed by atoms with van der Waals surface area (Å²) in [5.74, 6) is -0.304. The van der Waals surface area contributed by atoms with Gasteiger partial charge in [-0.25, -0.2) is 4.79 Å². The summed E-state index contributed by atoms with van der Waals surface area (Å²) in [6.07, 6.45) is 0.333. The molecule has 1 fully saturated rings. The van der Waals surface area contributed by atoms with Crippen LogP contribution in [0, 0.1) is 0 Å². The summed E-state index contributed by atoms with van der Waals surface area (Å²) < 4.78 is 10.7. The van der Waals surface area contributed by atoms with Crippen LogP contribution in [0.25, 0.3) is 0 Å². The summed E-state index contributed by atoms with van der Waals surface area (Å²) in [6, 6.07) is 13.6. The molecule has 7 heteroatoms. The summed E-state index contributed by atoms with van der Waals surface area (Å²) in [5, 5.41) is 2.71. The van der Waals surface area contributed by atoms with Crippen molar-refractivity contribution < 1.29 is 23.9 Å². The van der Waals surface area contributed by atoms with E-state index < -0.39 is 18.0 Å². The Balaban J connectivity index is 1.59. The number of nitrogens with one attached hydrogen (secondary N) is 1. The van der Waals surface area contributed by atoms with Crippen LogP contribution in [0.1, 0.15) is 37.0 Å². The number of hydrogen-bond donors (Lipinski definition) is 1. The largest absolute Gasteiger partial charge is 0.494 e. The van der Waals surface area contributed by atoms with Crippen LogP contribution in [0.2, 0.25) is 0 Å². The standard InChI is InChI=1S/C22H24N2O5/c1-3-28-19-11-9-17(10-12-19)23-21(26)15(2)29-22(27)16-6-4-7-18(14-16)24-13-5-8-20(24)25/h4,6-7,9-12,14-15H,3,5,8,13H2,1-2H3,(H,23,26)/t15-/m1/s1. The molecule has 2 amide bonds. The first-order chi connectivity index (χ1) is 14.0. The van der Waals surface area contributed by atoms with Crippen molar-refractivity contribution in [3.05, 3.63) is 54.1 Å². The molecule has 0 spiro atoms. The Morgan fingerprint density at radius 2 is 1.93 bits per heavy atom. The number of esters is 1. The van der Waals surface area contributed by atoms with Gasteiger partial charge >= 0.3 is 5.97 Å². The maximum atomic E-state index is 12.5. The number of anilines is 2. The van der Waals surface area contributed by atoms with Gasteiger partial charge in [-0.15, -0.1) is 0 Å². The molecule has 1 saturated heterocycles. The van der Waals surface area contributed by atoms with E-state index in [0.717, 1.165) is 6.42 Å². The van der Waals surface area contributed by atoms with Gasteiger partial charge in [0.2, 0.25) is 5.91 Å². The van der Waals surface area contributed by atoms with Crippen molar-refractivity contribution in [3.63, 3.8) is 0 Å². The molecular weight excluding hydrogens is 372 g/mol. The highest BCUT2D eigenvalue weighted by atomic mass is 16.5. The number of rotatable bonds is 7. The van der Waals surface area contributed by atoms with Gasteiger partial charge in [-0.05, 0) is 62.7 Å². The lowest BCUT2D eigenvalue weighted by molar-refractivity contribution is -0.123. The van der Waals surface area contributed by atoms with Crippen LogP contribution in [0.15, 0.2) is 48.5 Å². The Hall–Kier alpha value is -3.35. The minimum atomic E-state index is -0.980. The second kappa shape index (κ2) is 9.23. The number of carbonyl (C=O) groups is 3. The van der Waals surface area contributed by atoms with E-state index in [9.17, 15) is 14.4 Å². The molecule has 1 atom stereocenters. The lowest BCUT2D eigenvalue weighted by Gasteiger charge is -2.17. The first-order valence-electron chi connectivity index (χ1n) is 9.63. The van der Waals surface area contributed by atoms with Gasteiger partial charge in [-0.3, -0.25) is 9.59 Å². The molecule has 1 aliphatic rings. The van der Waals surface area contributed by atoms with Crippen molar-refractivity contribution in [1.29, 1.82) is 0 Å². The quantitative estimate of drug-likeness (QED) is 0.725. The molecule has 2 aromatic carbocycles. The van der Waals surface area contributed by atoms with Crippen LogP contribution in [-0.4, -0.2) is 37.0 Å². The lowest BCUT2D eigenvalue weighted by Crippen LogP contribution is -2.30. The van der Waals surface area contributed by atoms with Gasteiger partial charge in [0.05, 0.1) is 12.2 Å². The molecule has 0 radical (unpaired) electrons. The molecule has 3 rings (SSSR count). The second-order valence-corrected chi connectivity index (χ2v) is 6.69. The lowest BCUT2D eigenvalue weighted by atomic mass is 10.2. The summed E-state index contributed by atoms with van der Waals surface area (Å²) >= 11 is 0. The molecular formula is C22H24N2O5. The molecule has 0 bridgehead atoms. The fraction of sp³-hybridized carbons (Fsp3) is 0.318. The van der Waals surface area contributed by atoms with Gasteiger partial charge in [-0.1, -0.05) is 6.07 Å². The minimum absolute atomic E-state index is 0.0404. The summed E-state index contributed by atoms with van der Waals surface area (Å²) in [7, 11) is 0. The highest BCUT2D eigenvalue weighted by Gasteiger charge is 2.24. The molecule has 0 aliphatic carbocycles. The van der Waals surface area contributed by atoms with E-state index in [1.165, 1.54) is 6.92 Å². The van der Waals surface area contributed by atoms with Crippen LogP contribution in [-0.2, 0) is 14.3 Å². The van der Waals surface area contributed by atoms with Crippen LogP contribution in [0.3, 0.4) is 0 Å². The molecule has 1 N–H and O–H groups in total. The van der Waals surface area contributed by atoms with E-state index in [0.29, 0.717) is 42.3 Å². The minimum Gasteiger partial charge on any atom is -0.494 e. The first-order valence-corrected chi connectivity index (χ1v) is 9.63. The Kier molecular flexibility index (Phi) is 6.49. The Morgan fingerprint density at radius 1 is 1.17 bits per heavy atom. The maximum absolute atomic E-state index is 12.5. The second-order valence-electron chi connectivity index (χ2n) is 6.69. The van der Waals surface area contributed by atoms with Crippen LogP contribution < -0.4 is 15.0 Å². The van der Waals surface area contributed by atoms with Gasteiger partial charge in [0.1, 0.15) is 5.75 Å². The summed E-state index contributed by atoms with van der Waals surface area (Å²) in [5.41, 5.74) is 1.53. The van der Waals surface area contributed by atoms with Gasteiger partial charge < -0.3 is 19.7 Å². The predicted molar refractivity (Wildman–Crippen MR) is 109 cm³/mol. The molecule has 0 aromatic heterocycles. The first kappa shape index (κ1) is 20.4. The van der Waals surface area contributed by atoms with Gasteiger partial charge in [0, 0.05) is 24.3 Å². The highest BCUT2D eigenvalue weighted by Crippen LogP contribution is 2.23. The number of ether oxygens (including phenoxy) is 2. The van der Waals surface area contributed by atoms with E-state index in [2.05, 4.69) is 5.32 Å². The molecule has 2 aromatic rings. The third-order valence-corrected chi connectivity index (χ3v) is 4.55. The fourth-order valence-corrected chi connectivity index (χ4v) is 3.05. The summed E-state index contributed by atoms with van der Waals surface area (Å²) in [4.78, 5) is 38.3. The normalized spacial score (nSPS) is 14.4. The Bertz CT molecular complexity index is 894. The average Bonchev–Trinajstić information content (AvgIpc) is 3.15. The number of benzene rings is 2. The topological polar surface area (TPSA) is 84.9 Å². The molecule has 0 unspecified atom stereocenters. The van der Waals surface area contributed by atoms with Crippen molar-refractivity contribution in [2.45, 2.75) is 32.8 Å². The molecule has 0 saturated carbocycles. The van der Waals surface area contributed by atoms with E-state index in [1.807, 2.05) is 6.92 Å². The van der Waals surface area contributed by atoms with Gasteiger partial charge in [-0.2, -0.15) is 0 Å². The summed E-state index contributed by atoms with van der Waals surface area (Å²) in [6.45, 7) is 4.60. The van der Waals surface area contributed by atoms with E-state index >= 15 is 0 Å². The Labute approximate surface area is 169 Å². The van der Waals surface area contributed by atoms with Crippen LogP contribution in [0.5, 0.6) is 5.75 Å². The van der Waals surface area contributed by atoms with E-state index in [-0.39, 0.29) is 5.91 Å². The SMILES string of the molecule is CCOc1ccc(NC(=O)[C@@H](C)OC(=O)c2cccc(N3CCCC3=O)c2)cc1. The van der Waals surface area contributed by atoms with E-state index in [4.69, 9.17) is 9.47 Å². The fourth-order valence-electron chi connectivity index (χ4n) is 3.05. The average molecular weight is 396 g/mol. The number of carbonyl (C=O) groups excluding carboxylic acids is 3. The molecule has 29 heavy (non-hydrogen) atoms. The van der Waals surface area contributed by atoms with Crippen LogP contribution >= 0.6 is 0 Å². The van der Waals surface area contributed by atoms with Crippen molar-refractivity contribution in [1.82, 2.24) is 0 Å². The van der Waals surface area contributed by atoms with Crippen molar-refractivity contribution in [3.8, 4) is 5.75 Å². The molecule has 1 aliphatic heterocycles. The van der Waals surface area contributed by atoms with Gasteiger partial charge in [0.25, 0.3) is 5.91 Å². The predicted octanol–water partition coefficient (Wildman–Crippen LogP) is 3.40. The monoisotopic (exact) mass is 396 g/mol. The number of nitrogens with zero attached hydrogens (tertiary/aromatic N) is 1. The number of amides is 2. The van der Waals surface area contributed by atoms with Crippen LogP contribution in [0.4, 0.5) is 11.4 Å². The van der Waals surface area contributed by atoms with Crippen molar-refractivity contribution >= 4 is 29.2 Å². The highest BCUT2D eigenvalue weighted by molar-refractivity contribution is 5.99. The zero-order chi connectivity index (χ0) is 20.8. The third kappa shape index (κ3) is 5.13. The van der Waals surface area contributed by atoms with E-state index in [1.54, 1.807) is 53.4 Å². The molecule has 1 heterocycles. The maximum Gasteiger partial charge on any atom is 0.338 e. The third-order valence-electron chi connectivity index (χ3n) is 4.55. The van der Waals surface area contributed by atoms with Crippen molar-refractivity contribution in [2.24, 2.45) is 0 Å². The smallest absolute Gasteiger partial charge is 0.338 e. The van der Waals surface area contributed by atoms with Gasteiger partial charge in [0.15, 0.2) is 6.10 Å². The molecule has 152 valence electrons. The number of hydrogen-bond acceptors (Lipinski definition) is 5. The Morgan fingerprint density at radius 3 is 2.59 bits per heavy atom. The molecule has 7 nitrogen and oxygen atoms in total. The zero-order valence-corrected chi connectivity index (χ0v) is 16.5. The zero-order valence-electron chi connectivity index (χ0n) is 16.5.